The lowest BCUT2D eigenvalue weighted by Gasteiger charge is -2.32. The number of nitrogens with zero attached hydrogens (tertiary/aromatic N) is 4. The Morgan fingerprint density at radius 2 is 1.84 bits per heavy atom. The van der Waals surface area contributed by atoms with Gasteiger partial charge in [-0.2, -0.15) is 0 Å². The number of hydrogen-bond donors (Lipinski definition) is 2. The Labute approximate surface area is 209 Å². The first-order valence-corrected chi connectivity index (χ1v) is 11.4. The predicted octanol–water partition coefficient (Wildman–Crippen LogP) is 4.59. The van der Waals surface area contributed by atoms with Crippen LogP contribution in [-0.4, -0.2) is 34.4 Å². The number of aliphatic imine (C=N–C) groups is 1. The maximum Gasteiger partial charge on any atom is 0.191 e. The zero-order chi connectivity index (χ0) is 22.3. The molecule has 1 aromatic carbocycles. The molecular weight excluding hydrogens is 515 g/mol. The Morgan fingerprint density at radius 3 is 2.41 bits per heavy atom. The third kappa shape index (κ3) is 7.35. The lowest BCUT2D eigenvalue weighted by atomic mass is 9.78. The molecule has 1 aliphatic rings. The summed E-state index contributed by atoms with van der Waals surface area (Å²) in [6.07, 6.45) is 6.52. The molecule has 0 aliphatic heterocycles. The Kier molecular flexibility index (Phi) is 10.2. The van der Waals surface area contributed by atoms with Gasteiger partial charge < -0.3 is 19.9 Å². The molecular formula is C24H39IN6O. The molecule has 1 aliphatic carbocycles. The molecule has 8 heteroatoms. The van der Waals surface area contributed by atoms with Crippen LogP contribution in [0.5, 0.6) is 5.75 Å². The first-order chi connectivity index (χ1) is 14.9. The molecule has 178 valence electrons. The SMILES string of the molecule is COc1ccc(CN=C(NCc2nnc(C)n2C)NCC2(CC(C)C)CCCC2)cc1.I. The molecule has 2 N–H and O–H groups in total. The standard InChI is InChI=1S/C24H38N6O.HI/c1-18(2)14-24(12-6-7-13-24)17-27-23(26-16-22-29-28-19(3)30(22)4)25-15-20-8-10-21(31-5)11-9-20;/h8-11,18H,6-7,12-17H2,1-5H3,(H2,25,26,27);1H. The smallest absolute Gasteiger partial charge is 0.191 e. The summed E-state index contributed by atoms with van der Waals surface area (Å²) in [6.45, 7) is 8.76. The summed E-state index contributed by atoms with van der Waals surface area (Å²) < 4.78 is 7.26. The lowest BCUT2D eigenvalue weighted by Crippen LogP contribution is -2.43. The lowest BCUT2D eigenvalue weighted by molar-refractivity contribution is 0.234. The molecule has 1 aromatic heterocycles. The van der Waals surface area contributed by atoms with Gasteiger partial charge in [-0.3, -0.25) is 0 Å². The van der Waals surface area contributed by atoms with E-state index in [2.05, 4.69) is 46.8 Å². The summed E-state index contributed by atoms with van der Waals surface area (Å²) >= 11 is 0. The number of aromatic nitrogens is 3. The van der Waals surface area contributed by atoms with E-state index in [0.29, 0.717) is 24.4 Å². The average Bonchev–Trinajstić information content (AvgIpc) is 3.34. The van der Waals surface area contributed by atoms with E-state index in [1.807, 2.05) is 30.7 Å². The van der Waals surface area contributed by atoms with Gasteiger partial charge in [-0.1, -0.05) is 38.8 Å². The summed E-state index contributed by atoms with van der Waals surface area (Å²) in [5.41, 5.74) is 1.52. The number of aryl methyl sites for hydroxylation is 1. The van der Waals surface area contributed by atoms with Crippen molar-refractivity contribution in [3.63, 3.8) is 0 Å². The third-order valence-corrected chi connectivity index (χ3v) is 6.31. The fourth-order valence-electron chi connectivity index (χ4n) is 4.56. The molecule has 0 spiro atoms. The first kappa shape index (κ1) is 26.4. The largest absolute Gasteiger partial charge is 0.497 e. The molecule has 0 atom stereocenters. The Bertz CT molecular complexity index is 856. The second-order valence-corrected chi connectivity index (χ2v) is 9.25. The van der Waals surface area contributed by atoms with Gasteiger partial charge in [-0.05, 0) is 55.2 Å². The van der Waals surface area contributed by atoms with E-state index in [0.717, 1.165) is 35.5 Å². The Morgan fingerprint density at radius 1 is 1.16 bits per heavy atom. The Balaban J connectivity index is 0.00000363. The monoisotopic (exact) mass is 554 g/mol. The van der Waals surface area contributed by atoms with Crippen LogP contribution in [0.3, 0.4) is 0 Å². The van der Waals surface area contributed by atoms with Crippen molar-refractivity contribution in [2.75, 3.05) is 13.7 Å². The molecule has 32 heavy (non-hydrogen) atoms. The van der Waals surface area contributed by atoms with Crippen LogP contribution in [0.25, 0.3) is 0 Å². The van der Waals surface area contributed by atoms with Gasteiger partial charge in [-0.25, -0.2) is 4.99 Å². The summed E-state index contributed by atoms with van der Waals surface area (Å²) in [7, 11) is 3.67. The van der Waals surface area contributed by atoms with Crippen molar-refractivity contribution >= 4 is 29.9 Å². The van der Waals surface area contributed by atoms with Gasteiger partial charge in [0.25, 0.3) is 0 Å². The number of nitrogens with one attached hydrogen (secondary N) is 2. The number of rotatable bonds is 9. The zero-order valence-corrected chi connectivity index (χ0v) is 22.5. The fraction of sp³-hybridized carbons (Fsp3) is 0.625. The number of hydrogen-bond acceptors (Lipinski definition) is 4. The fourth-order valence-corrected chi connectivity index (χ4v) is 4.56. The average molecular weight is 555 g/mol. The number of halogens is 1. The van der Waals surface area contributed by atoms with Crippen LogP contribution in [-0.2, 0) is 20.1 Å². The van der Waals surface area contributed by atoms with E-state index in [1.165, 1.54) is 32.1 Å². The van der Waals surface area contributed by atoms with Crippen LogP contribution in [0.2, 0.25) is 0 Å². The molecule has 7 nitrogen and oxygen atoms in total. The van der Waals surface area contributed by atoms with E-state index >= 15 is 0 Å². The van der Waals surface area contributed by atoms with Crippen molar-refractivity contribution in [1.82, 2.24) is 25.4 Å². The highest BCUT2D eigenvalue weighted by molar-refractivity contribution is 14.0. The van der Waals surface area contributed by atoms with E-state index in [9.17, 15) is 0 Å². The van der Waals surface area contributed by atoms with Crippen molar-refractivity contribution in [2.24, 2.45) is 23.4 Å². The van der Waals surface area contributed by atoms with Gasteiger partial charge in [-0.15, -0.1) is 34.2 Å². The highest BCUT2D eigenvalue weighted by Crippen LogP contribution is 2.42. The third-order valence-electron chi connectivity index (χ3n) is 6.31. The molecule has 0 radical (unpaired) electrons. The van der Waals surface area contributed by atoms with Gasteiger partial charge >= 0.3 is 0 Å². The normalized spacial score (nSPS) is 15.5. The molecule has 2 aromatic rings. The summed E-state index contributed by atoms with van der Waals surface area (Å²) in [6, 6.07) is 8.07. The highest BCUT2D eigenvalue weighted by atomic mass is 127. The minimum atomic E-state index is 0. The molecule has 1 saturated carbocycles. The van der Waals surface area contributed by atoms with Crippen LogP contribution in [0, 0.1) is 18.3 Å². The topological polar surface area (TPSA) is 76.4 Å². The van der Waals surface area contributed by atoms with Crippen LogP contribution in [0.1, 0.15) is 63.2 Å². The maximum absolute atomic E-state index is 5.26. The molecule has 0 saturated heterocycles. The molecule has 0 unspecified atom stereocenters. The molecule has 1 heterocycles. The van der Waals surface area contributed by atoms with E-state index in [-0.39, 0.29) is 24.0 Å². The molecule has 3 rings (SSSR count). The predicted molar refractivity (Wildman–Crippen MR) is 140 cm³/mol. The van der Waals surface area contributed by atoms with E-state index in [1.54, 1.807) is 7.11 Å². The van der Waals surface area contributed by atoms with Crippen molar-refractivity contribution < 1.29 is 4.74 Å². The number of benzene rings is 1. The molecule has 0 amide bonds. The van der Waals surface area contributed by atoms with Crippen LogP contribution >= 0.6 is 24.0 Å². The van der Waals surface area contributed by atoms with E-state index < -0.39 is 0 Å². The number of guanidine groups is 1. The van der Waals surface area contributed by atoms with Gasteiger partial charge in [0.2, 0.25) is 0 Å². The number of methoxy groups -OCH3 is 1. The number of ether oxygens (including phenoxy) is 1. The van der Waals surface area contributed by atoms with Crippen molar-refractivity contribution in [1.29, 1.82) is 0 Å². The first-order valence-electron chi connectivity index (χ1n) is 11.4. The van der Waals surface area contributed by atoms with Crippen LogP contribution in [0.15, 0.2) is 29.3 Å². The highest BCUT2D eigenvalue weighted by Gasteiger charge is 2.34. The summed E-state index contributed by atoms with van der Waals surface area (Å²) in [5, 5.41) is 15.5. The maximum atomic E-state index is 5.26. The Hall–Kier alpha value is -1.84. The minimum Gasteiger partial charge on any atom is -0.497 e. The quantitative estimate of drug-likeness (QED) is 0.270. The minimum absolute atomic E-state index is 0. The van der Waals surface area contributed by atoms with Gasteiger partial charge in [0, 0.05) is 13.6 Å². The van der Waals surface area contributed by atoms with Crippen LogP contribution in [0.4, 0.5) is 0 Å². The zero-order valence-electron chi connectivity index (χ0n) is 20.1. The second-order valence-electron chi connectivity index (χ2n) is 9.25. The van der Waals surface area contributed by atoms with Gasteiger partial charge in [0.1, 0.15) is 11.6 Å². The molecule has 1 fully saturated rings. The van der Waals surface area contributed by atoms with Crippen molar-refractivity contribution in [3.8, 4) is 5.75 Å². The summed E-state index contributed by atoms with van der Waals surface area (Å²) in [5.74, 6) is 4.19. The van der Waals surface area contributed by atoms with Gasteiger partial charge in [0.15, 0.2) is 11.8 Å². The summed E-state index contributed by atoms with van der Waals surface area (Å²) in [4.78, 5) is 4.87. The molecule has 0 bridgehead atoms. The van der Waals surface area contributed by atoms with Gasteiger partial charge in [0.05, 0.1) is 20.2 Å². The van der Waals surface area contributed by atoms with Crippen molar-refractivity contribution in [2.45, 2.75) is 66.0 Å². The van der Waals surface area contributed by atoms with E-state index in [4.69, 9.17) is 9.73 Å². The van der Waals surface area contributed by atoms with Crippen LogP contribution < -0.4 is 15.4 Å². The second kappa shape index (κ2) is 12.4. The van der Waals surface area contributed by atoms with Crippen molar-refractivity contribution in [3.05, 3.63) is 41.5 Å².